The quantitative estimate of drug-likeness (QED) is 0.516. The van der Waals surface area contributed by atoms with Gasteiger partial charge in [0.05, 0.1) is 19.5 Å². The topological polar surface area (TPSA) is 105 Å². The third-order valence-corrected chi connectivity index (χ3v) is 5.72. The summed E-state index contributed by atoms with van der Waals surface area (Å²) < 4.78 is 25.1. The third-order valence-electron chi connectivity index (χ3n) is 3.53. The Balaban J connectivity index is 1.89. The van der Waals surface area contributed by atoms with E-state index < -0.39 is 7.60 Å². The molecule has 0 fully saturated rings. The van der Waals surface area contributed by atoms with Crippen LogP contribution in [0, 0.1) is 0 Å². The number of nitrogens with two attached hydrogens (primary N) is 1. The molecule has 132 valence electrons. The van der Waals surface area contributed by atoms with Gasteiger partial charge in [-0.05, 0) is 33.1 Å². The Bertz CT molecular complexity index is 736. The van der Waals surface area contributed by atoms with Crippen LogP contribution in [0.4, 0.5) is 5.82 Å². The lowest BCUT2D eigenvalue weighted by Gasteiger charge is -2.19. The number of nitrogens with zero attached hydrogens (tertiary/aromatic N) is 4. The zero-order valence-corrected chi connectivity index (χ0v) is 15.0. The standard InChI is InChI=1S/C15H24N5O3P/c1-4-22-24(21,23-5-2)12(3)8-6-7-9-20-11-19-13-14(16)17-10-18-15(13)20/h10-11H,3-9H2,1-2H3,(H2,16,17,18). The molecule has 0 atom stereocenters. The lowest BCUT2D eigenvalue weighted by atomic mass is 10.2. The van der Waals surface area contributed by atoms with Gasteiger partial charge >= 0.3 is 7.60 Å². The summed E-state index contributed by atoms with van der Waals surface area (Å²) in [5.74, 6) is 0.376. The lowest BCUT2D eigenvalue weighted by Crippen LogP contribution is -2.01. The van der Waals surface area contributed by atoms with E-state index in [1.54, 1.807) is 20.2 Å². The van der Waals surface area contributed by atoms with Crippen molar-refractivity contribution in [1.29, 1.82) is 0 Å². The Kier molecular flexibility index (Phi) is 6.48. The molecular formula is C15H24N5O3P. The van der Waals surface area contributed by atoms with E-state index in [-0.39, 0.29) is 0 Å². The van der Waals surface area contributed by atoms with Crippen LogP contribution in [0.5, 0.6) is 0 Å². The van der Waals surface area contributed by atoms with Gasteiger partial charge in [-0.25, -0.2) is 15.0 Å². The van der Waals surface area contributed by atoms with Crippen molar-refractivity contribution in [1.82, 2.24) is 19.5 Å². The van der Waals surface area contributed by atoms with Gasteiger partial charge in [-0.1, -0.05) is 6.58 Å². The Hall–Kier alpha value is -1.76. The van der Waals surface area contributed by atoms with Crippen molar-refractivity contribution >= 4 is 24.6 Å². The summed E-state index contributed by atoms with van der Waals surface area (Å²) in [6, 6.07) is 0. The van der Waals surface area contributed by atoms with E-state index >= 15 is 0 Å². The lowest BCUT2D eigenvalue weighted by molar-refractivity contribution is 0.225. The van der Waals surface area contributed by atoms with E-state index in [9.17, 15) is 4.57 Å². The molecule has 0 amide bonds. The summed E-state index contributed by atoms with van der Waals surface area (Å²) in [6.07, 6.45) is 5.38. The van der Waals surface area contributed by atoms with E-state index in [2.05, 4.69) is 21.5 Å². The minimum absolute atomic E-state index is 0.332. The summed E-state index contributed by atoms with van der Waals surface area (Å²) in [6.45, 7) is 8.86. The number of fused-ring (bicyclic) bond motifs is 1. The molecule has 2 heterocycles. The highest BCUT2D eigenvalue weighted by Crippen LogP contribution is 2.56. The van der Waals surface area contributed by atoms with Crippen molar-refractivity contribution in [2.75, 3.05) is 18.9 Å². The molecule has 0 aromatic carbocycles. The van der Waals surface area contributed by atoms with Crippen molar-refractivity contribution in [3.05, 3.63) is 24.5 Å². The molecule has 0 spiro atoms. The summed E-state index contributed by atoms with van der Waals surface area (Å²) in [7, 11) is -3.21. The summed E-state index contributed by atoms with van der Waals surface area (Å²) in [4.78, 5) is 12.4. The molecule has 0 bridgehead atoms. The molecule has 0 aliphatic heterocycles. The van der Waals surface area contributed by atoms with Crippen molar-refractivity contribution in [2.24, 2.45) is 0 Å². The van der Waals surface area contributed by atoms with Crippen LogP contribution in [-0.4, -0.2) is 32.7 Å². The number of aryl methyl sites for hydroxylation is 1. The van der Waals surface area contributed by atoms with Crippen LogP contribution < -0.4 is 5.73 Å². The molecule has 24 heavy (non-hydrogen) atoms. The van der Waals surface area contributed by atoms with Gasteiger partial charge in [0.1, 0.15) is 11.8 Å². The maximum Gasteiger partial charge on any atom is 0.356 e. The van der Waals surface area contributed by atoms with E-state index in [1.807, 2.05) is 4.57 Å². The summed E-state index contributed by atoms with van der Waals surface area (Å²) in [5.41, 5.74) is 7.10. The fourth-order valence-corrected chi connectivity index (χ4v) is 3.92. The Morgan fingerprint density at radius 2 is 1.96 bits per heavy atom. The highest BCUT2D eigenvalue weighted by atomic mass is 31.2. The zero-order valence-electron chi connectivity index (χ0n) is 14.1. The molecule has 8 nitrogen and oxygen atoms in total. The van der Waals surface area contributed by atoms with Gasteiger partial charge < -0.3 is 19.3 Å². The van der Waals surface area contributed by atoms with Crippen LogP contribution in [0.3, 0.4) is 0 Å². The van der Waals surface area contributed by atoms with Crippen LogP contribution in [0.1, 0.15) is 33.1 Å². The van der Waals surface area contributed by atoms with Crippen LogP contribution in [0.25, 0.3) is 11.2 Å². The number of allylic oxidation sites excluding steroid dienone is 1. The largest absolute Gasteiger partial charge is 0.382 e. The Morgan fingerprint density at radius 3 is 2.62 bits per heavy atom. The highest BCUT2D eigenvalue weighted by molar-refractivity contribution is 7.58. The second kappa shape index (κ2) is 8.37. The summed E-state index contributed by atoms with van der Waals surface area (Å²) >= 11 is 0. The molecule has 2 N–H and O–H groups in total. The van der Waals surface area contributed by atoms with Gasteiger partial charge in [0.25, 0.3) is 0 Å². The van der Waals surface area contributed by atoms with E-state index in [4.69, 9.17) is 14.8 Å². The van der Waals surface area contributed by atoms with Gasteiger partial charge in [-0.15, -0.1) is 0 Å². The van der Waals surface area contributed by atoms with Crippen LogP contribution in [0.15, 0.2) is 24.5 Å². The first kappa shape index (κ1) is 18.6. The number of anilines is 1. The molecule has 2 aromatic rings. The summed E-state index contributed by atoms with van der Waals surface area (Å²) in [5, 5.41) is 0.522. The molecule has 0 saturated heterocycles. The van der Waals surface area contributed by atoms with Crippen LogP contribution in [0.2, 0.25) is 0 Å². The van der Waals surface area contributed by atoms with Gasteiger partial charge in [0.15, 0.2) is 11.5 Å². The smallest absolute Gasteiger partial charge is 0.356 e. The van der Waals surface area contributed by atoms with Crippen molar-refractivity contribution in [3.63, 3.8) is 0 Å². The van der Waals surface area contributed by atoms with E-state index in [0.29, 0.717) is 36.3 Å². The van der Waals surface area contributed by atoms with Crippen molar-refractivity contribution in [3.8, 4) is 0 Å². The highest BCUT2D eigenvalue weighted by Gasteiger charge is 2.27. The van der Waals surface area contributed by atoms with E-state index in [1.165, 1.54) is 6.33 Å². The minimum atomic E-state index is -3.21. The Labute approximate surface area is 141 Å². The SMILES string of the molecule is C=C(CCCCn1cnc2c(N)ncnc21)P(=O)(OCC)OCC. The minimum Gasteiger partial charge on any atom is -0.382 e. The first-order valence-corrected chi connectivity index (χ1v) is 9.54. The maximum atomic E-state index is 12.6. The fourth-order valence-electron chi connectivity index (χ4n) is 2.37. The van der Waals surface area contributed by atoms with Gasteiger partial charge in [-0.3, -0.25) is 4.57 Å². The molecule has 0 saturated carbocycles. The number of imidazole rings is 1. The van der Waals surface area contributed by atoms with Crippen molar-refractivity contribution < 1.29 is 13.6 Å². The number of rotatable bonds is 10. The zero-order chi connectivity index (χ0) is 17.6. The Morgan fingerprint density at radius 1 is 1.25 bits per heavy atom. The molecule has 0 radical (unpaired) electrons. The molecule has 0 aliphatic carbocycles. The molecule has 2 rings (SSSR count). The van der Waals surface area contributed by atoms with Crippen molar-refractivity contribution in [2.45, 2.75) is 39.7 Å². The maximum absolute atomic E-state index is 12.6. The molecule has 2 aromatic heterocycles. The number of hydrogen-bond donors (Lipinski definition) is 1. The second-order valence-electron chi connectivity index (χ2n) is 5.23. The molecule has 0 aliphatic rings. The fraction of sp³-hybridized carbons (Fsp3) is 0.533. The molecule has 9 heteroatoms. The second-order valence-corrected chi connectivity index (χ2v) is 7.37. The van der Waals surface area contributed by atoms with Crippen LogP contribution >= 0.6 is 7.60 Å². The monoisotopic (exact) mass is 353 g/mol. The van der Waals surface area contributed by atoms with Gasteiger partial charge in [0.2, 0.25) is 0 Å². The number of unbranched alkanes of at least 4 members (excludes halogenated alkanes) is 1. The number of hydrogen-bond acceptors (Lipinski definition) is 7. The van der Waals surface area contributed by atoms with Gasteiger partial charge in [-0.2, -0.15) is 0 Å². The average Bonchev–Trinajstić information content (AvgIpc) is 2.96. The number of aromatic nitrogens is 4. The molecular weight excluding hydrogens is 329 g/mol. The molecule has 0 unspecified atom stereocenters. The normalized spacial score (nSPS) is 11.9. The first-order chi connectivity index (χ1) is 11.5. The predicted octanol–water partition coefficient (Wildman–Crippen LogP) is 3.36. The number of nitrogen functional groups attached to an aromatic ring is 1. The third kappa shape index (κ3) is 4.20. The predicted molar refractivity (Wildman–Crippen MR) is 93.6 cm³/mol. The van der Waals surface area contributed by atoms with Crippen LogP contribution in [-0.2, 0) is 20.2 Å². The first-order valence-electron chi connectivity index (χ1n) is 8.00. The van der Waals surface area contributed by atoms with E-state index in [0.717, 1.165) is 25.0 Å². The van der Waals surface area contributed by atoms with Gasteiger partial charge in [0, 0.05) is 11.9 Å². The average molecular weight is 353 g/mol.